The first-order valence-electron chi connectivity index (χ1n) is 6.94. The summed E-state index contributed by atoms with van der Waals surface area (Å²) in [5.41, 5.74) is 3.50. The fraction of sp³-hybridized carbons (Fsp3) is 0. The zero-order valence-corrected chi connectivity index (χ0v) is 15.1. The standard InChI is InChI=1S/C19H12Br2O2/c20-14-8-4-12(5-9-14)16-2-1-3-17(18(16)19(22)23)13-6-10-15(21)11-7-13/h1-11H,(H,22,23). The van der Waals surface area contributed by atoms with Crippen LogP contribution in [0, 0.1) is 0 Å². The fourth-order valence-electron chi connectivity index (χ4n) is 2.52. The van der Waals surface area contributed by atoms with Gasteiger partial charge in [0, 0.05) is 8.95 Å². The normalized spacial score (nSPS) is 10.5. The lowest BCUT2D eigenvalue weighted by molar-refractivity contribution is 0.0698. The maximum absolute atomic E-state index is 11.9. The third-order valence-corrected chi connectivity index (χ3v) is 4.65. The molecule has 0 atom stereocenters. The molecule has 0 heterocycles. The SMILES string of the molecule is O=C(O)c1c(-c2ccc(Br)cc2)cccc1-c1ccc(Br)cc1. The van der Waals surface area contributed by atoms with Crippen molar-refractivity contribution in [3.63, 3.8) is 0 Å². The molecule has 3 aromatic rings. The summed E-state index contributed by atoms with van der Waals surface area (Å²) in [6.45, 7) is 0. The lowest BCUT2D eigenvalue weighted by atomic mass is 9.92. The largest absolute Gasteiger partial charge is 0.478 e. The molecular weight excluding hydrogens is 420 g/mol. The van der Waals surface area contributed by atoms with E-state index in [4.69, 9.17) is 0 Å². The molecule has 0 aliphatic heterocycles. The molecule has 3 rings (SSSR count). The van der Waals surface area contributed by atoms with Crippen molar-refractivity contribution in [3.8, 4) is 22.3 Å². The third-order valence-electron chi connectivity index (χ3n) is 3.59. The van der Waals surface area contributed by atoms with E-state index in [1.165, 1.54) is 0 Å². The Morgan fingerprint density at radius 2 is 1.09 bits per heavy atom. The van der Waals surface area contributed by atoms with Crippen molar-refractivity contribution in [2.75, 3.05) is 0 Å². The number of carbonyl (C=O) groups is 1. The molecule has 4 heteroatoms. The number of hydrogen-bond acceptors (Lipinski definition) is 1. The van der Waals surface area contributed by atoms with Crippen LogP contribution < -0.4 is 0 Å². The smallest absolute Gasteiger partial charge is 0.336 e. The highest BCUT2D eigenvalue weighted by Gasteiger charge is 2.17. The first-order valence-corrected chi connectivity index (χ1v) is 8.53. The molecule has 0 unspecified atom stereocenters. The third kappa shape index (κ3) is 3.38. The van der Waals surface area contributed by atoms with Gasteiger partial charge < -0.3 is 5.11 Å². The number of hydrogen-bond donors (Lipinski definition) is 1. The molecule has 114 valence electrons. The molecule has 0 aliphatic rings. The Bertz CT molecular complexity index is 790. The van der Waals surface area contributed by atoms with E-state index in [-0.39, 0.29) is 0 Å². The average Bonchev–Trinajstić information content (AvgIpc) is 2.55. The number of benzene rings is 3. The summed E-state index contributed by atoms with van der Waals surface area (Å²) in [6, 6.07) is 20.9. The summed E-state index contributed by atoms with van der Waals surface area (Å²) in [5.74, 6) is -0.929. The van der Waals surface area contributed by atoms with Crippen LogP contribution in [0.3, 0.4) is 0 Å². The number of halogens is 2. The number of aromatic carboxylic acids is 1. The van der Waals surface area contributed by atoms with Crippen LogP contribution in [0.4, 0.5) is 0 Å². The van der Waals surface area contributed by atoms with Crippen LogP contribution in [0.5, 0.6) is 0 Å². The van der Waals surface area contributed by atoms with Crippen molar-refractivity contribution >= 4 is 37.8 Å². The molecule has 1 N–H and O–H groups in total. The van der Waals surface area contributed by atoms with Gasteiger partial charge >= 0.3 is 5.97 Å². The molecule has 0 amide bonds. The quantitative estimate of drug-likeness (QED) is 0.532. The van der Waals surface area contributed by atoms with E-state index in [0.29, 0.717) is 16.7 Å². The molecular formula is C19H12Br2O2. The maximum Gasteiger partial charge on any atom is 0.336 e. The average molecular weight is 432 g/mol. The summed E-state index contributed by atoms with van der Waals surface area (Å²) in [5, 5.41) is 9.76. The lowest BCUT2D eigenvalue weighted by Gasteiger charge is -2.12. The van der Waals surface area contributed by atoms with Gasteiger partial charge in [-0.3, -0.25) is 0 Å². The van der Waals surface area contributed by atoms with E-state index in [1.807, 2.05) is 66.7 Å². The summed E-state index contributed by atoms with van der Waals surface area (Å²) >= 11 is 6.81. The first-order chi connectivity index (χ1) is 11.1. The van der Waals surface area contributed by atoms with Crippen LogP contribution in [0.15, 0.2) is 75.7 Å². The predicted molar refractivity (Wildman–Crippen MR) is 99.7 cm³/mol. The maximum atomic E-state index is 11.9. The van der Waals surface area contributed by atoms with Gasteiger partial charge in [-0.1, -0.05) is 74.3 Å². The second-order valence-corrected chi connectivity index (χ2v) is 6.88. The number of rotatable bonds is 3. The van der Waals surface area contributed by atoms with Gasteiger partial charge in [0.2, 0.25) is 0 Å². The fourth-order valence-corrected chi connectivity index (χ4v) is 3.05. The van der Waals surface area contributed by atoms with Crippen molar-refractivity contribution in [1.29, 1.82) is 0 Å². The Balaban J connectivity index is 2.22. The van der Waals surface area contributed by atoms with Gasteiger partial charge in [-0.15, -0.1) is 0 Å². The number of carboxylic acids is 1. The first kappa shape index (κ1) is 16.0. The van der Waals surface area contributed by atoms with Crippen LogP contribution >= 0.6 is 31.9 Å². The molecule has 2 nitrogen and oxygen atoms in total. The van der Waals surface area contributed by atoms with Crippen molar-refractivity contribution in [1.82, 2.24) is 0 Å². The Hall–Kier alpha value is -1.91. The molecule has 0 fully saturated rings. The van der Waals surface area contributed by atoms with Gasteiger partial charge in [-0.25, -0.2) is 4.79 Å². The number of carboxylic acid groups (broad SMARTS) is 1. The van der Waals surface area contributed by atoms with E-state index in [2.05, 4.69) is 31.9 Å². The van der Waals surface area contributed by atoms with Crippen LogP contribution in [0.25, 0.3) is 22.3 Å². The van der Waals surface area contributed by atoms with Gasteiger partial charge in [0.15, 0.2) is 0 Å². The van der Waals surface area contributed by atoms with E-state index < -0.39 is 5.97 Å². The van der Waals surface area contributed by atoms with E-state index >= 15 is 0 Å². The highest BCUT2D eigenvalue weighted by molar-refractivity contribution is 9.10. The minimum atomic E-state index is -0.929. The molecule has 0 aliphatic carbocycles. The zero-order valence-electron chi connectivity index (χ0n) is 12.0. The second kappa shape index (κ2) is 6.69. The molecule has 0 aromatic heterocycles. The molecule has 0 saturated heterocycles. The van der Waals surface area contributed by atoms with Gasteiger partial charge in [-0.05, 0) is 46.5 Å². The molecule has 23 heavy (non-hydrogen) atoms. The van der Waals surface area contributed by atoms with Crippen LogP contribution in [-0.4, -0.2) is 11.1 Å². The lowest BCUT2D eigenvalue weighted by Crippen LogP contribution is -2.02. The summed E-state index contributed by atoms with van der Waals surface area (Å²) in [7, 11) is 0. The van der Waals surface area contributed by atoms with Crippen molar-refractivity contribution in [3.05, 3.63) is 81.2 Å². The Labute approximate surface area is 151 Å². The molecule has 3 aromatic carbocycles. The summed E-state index contributed by atoms with van der Waals surface area (Å²) < 4.78 is 1.92. The van der Waals surface area contributed by atoms with Crippen molar-refractivity contribution < 1.29 is 9.90 Å². The summed E-state index contributed by atoms with van der Waals surface area (Å²) in [6.07, 6.45) is 0. The Morgan fingerprint density at radius 1 is 0.696 bits per heavy atom. The molecule has 0 saturated carbocycles. The van der Waals surface area contributed by atoms with Gasteiger partial charge in [0.25, 0.3) is 0 Å². The van der Waals surface area contributed by atoms with Gasteiger partial charge in [-0.2, -0.15) is 0 Å². The van der Waals surface area contributed by atoms with E-state index in [9.17, 15) is 9.90 Å². The van der Waals surface area contributed by atoms with Crippen molar-refractivity contribution in [2.24, 2.45) is 0 Å². The van der Waals surface area contributed by atoms with Gasteiger partial charge in [0.05, 0.1) is 5.56 Å². The monoisotopic (exact) mass is 430 g/mol. The van der Waals surface area contributed by atoms with E-state index in [0.717, 1.165) is 20.1 Å². The predicted octanol–water partition coefficient (Wildman–Crippen LogP) is 6.24. The van der Waals surface area contributed by atoms with Crippen LogP contribution in [-0.2, 0) is 0 Å². The van der Waals surface area contributed by atoms with Gasteiger partial charge in [0.1, 0.15) is 0 Å². The topological polar surface area (TPSA) is 37.3 Å². The molecule has 0 radical (unpaired) electrons. The summed E-state index contributed by atoms with van der Waals surface area (Å²) in [4.78, 5) is 11.9. The Kier molecular flexibility index (Phi) is 4.64. The van der Waals surface area contributed by atoms with Crippen LogP contribution in [0.2, 0.25) is 0 Å². The minimum Gasteiger partial charge on any atom is -0.478 e. The zero-order chi connectivity index (χ0) is 16.4. The minimum absolute atomic E-state index is 0.317. The van der Waals surface area contributed by atoms with Crippen molar-refractivity contribution in [2.45, 2.75) is 0 Å². The van der Waals surface area contributed by atoms with E-state index in [1.54, 1.807) is 0 Å². The van der Waals surface area contributed by atoms with Crippen LogP contribution in [0.1, 0.15) is 10.4 Å². The molecule has 0 bridgehead atoms. The second-order valence-electron chi connectivity index (χ2n) is 5.05. The highest BCUT2D eigenvalue weighted by atomic mass is 79.9. The Morgan fingerprint density at radius 3 is 1.43 bits per heavy atom. The molecule has 0 spiro atoms. The highest BCUT2D eigenvalue weighted by Crippen LogP contribution is 2.33.